The number of aryl methyl sites for hydroxylation is 1. The van der Waals surface area contributed by atoms with Gasteiger partial charge in [0.05, 0.1) is 0 Å². The third-order valence-electron chi connectivity index (χ3n) is 4.49. The van der Waals surface area contributed by atoms with Crippen molar-refractivity contribution in [1.29, 1.82) is 0 Å². The van der Waals surface area contributed by atoms with E-state index in [1.54, 1.807) is 6.26 Å². The maximum atomic E-state index is 5.27. The molecule has 1 saturated carbocycles. The maximum Gasteiger partial charge on any atom is 0.191 e. The summed E-state index contributed by atoms with van der Waals surface area (Å²) in [5.74, 6) is 1.42. The van der Waals surface area contributed by atoms with E-state index in [1.807, 2.05) is 6.92 Å². The van der Waals surface area contributed by atoms with Crippen molar-refractivity contribution in [2.75, 3.05) is 5.32 Å². The first-order valence-corrected chi connectivity index (χ1v) is 7.72. The molecule has 3 nitrogen and oxygen atoms in total. The van der Waals surface area contributed by atoms with Gasteiger partial charge in [0, 0.05) is 24.2 Å². The van der Waals surface area contributed by atoms with Gasteiger partial charge in [-0.05, 0) is 36.3 Å². The van der Waals surface area contributed by atoms with Gasteiger partial charge in [0.25, 0.3) is 0 Å². The first kappa shape index (κ1) is 14.2. The fraction of sp³-hybridized carbons (Fsp3) is 0.500. The SMILES string of the molecule is Cc1nc(-c2ccc(NC3CC(C)(C)CC3C)cc2)co1. The van der Waals surface area contributed by atoms with Gasteiger partial charge >= 0.3 is 0 Å². The van der Waals surface area contributed by atoms with Gasteiger partial charge in [-0.15, -0.1) is 0 Å². The highest BCUT2D eigenvalue weighted by atomic mass is 16.3. The Kier molecular flexibility index (Phi) is 3.52. The molecule has 0 spiro atoms. The second kappa shape index (κ2) is 5.21. The summed E-state index contributed by atoms with van der Waals surface area (Å²) in [5.41, 5.74) is 3.63. The number of nitrogens with zero attached hydrogens (tertiary/aromatic N) is 1. The van der Waals surface area contributed by atoms with E-state index >= 15 is 0 Å². The van der Waals surface area contributed by atoms with Gasteiger partial charge in [0.2, 0.25) is 0 Å². The second-order valence-electron chi connectivity index (χ2n) is 7.13. The first-order chi connectivity index (χ1) is 9.93. The minimum absolute atomic E-state index is 0.454. The Morgan fingerprint density at radius 1 is 1.19 bits per heavy atom. The van der Waals surface area contributed by atoms with Crippen LogP contribution in [0.5, 0.6) is 0 Å². The van der Waals surface area contributed by atoms with Gasteiger partial charge < -0.3 is 9.73 Å². The fourth-order valence-corrected chi connectivity index (χ4v) is 3.53. The standard InChI is InChI=1S/C18H24N2O/c1-12-9-18(3,4)10-16(12)20-15-7-5-14(6-8-15)17-11-21-13(2)19-17/h5-8,11-12,16,20H,9-10H2,1-4H3. The highest BCUT2D eigenvalue weighted by Crippen LogP contribution is 2.42. The Morgan fingerprint density at radius 3 is 2.43 bits per heavy atom. The number of anilines is 1. The number of hydrogen-bond donors (Lipinski definition) is 1. The topological polar surface area (TPSA) is 38.1 Å². The molecule has 1 aromatic carbocycles. The molecule has 21 heavy (non-hydrogen) atoms. The number of benzene rings is 1. The van der Waals surface area contributed by atoms with Crippen molar-refractivity contribution in [2.24, 2.45) is 11.3 Å². The zero-order valence-electron chi connectivity index (χ0n) is 13.3. The van der Waals surface area contributed by atoms with Crippen LogP contribution in [0.1, 0.15) is 39.5 Å². The lowest BCUT2D eigenvalue weighted by Gasteiger charge is -2.20. The van der Waals surface area contributed by atoms with E-state index in [9.17, 15) is 0 Å². The van der Waals surface area contributed by atoms with Crippen LogP contribution in [0.4, 0.5) is 5.69 Å². The Balaban J connectivity index is 1.70. The molecule has 0 aliphatic heterocycles. The second-order valence-corrected chi connectivity index (χ2v) is 7.13. The summed E-state index contributed by atoms with van der Waals surface area (Å²) in [4.78, 5) is 4.36. The molecular weight excluding hydrogens is 260 g/mol. The molecule has 3 heteroatoms. The minimum atomic E-state index is 0.454. The highest BCUT2D eigenvalue weighted by Gasteiger charge is 2.36. The Labute approximate surface area is 126 Å². The summed E-state index contributed by atoms with van der Waals surface area (Å²) in [6.45, 7) is 8.93. The third kappa shape index (κ3) is 3.12. The smallest absolute Gasteiger partial charge is 0.191 e. The van der Waals surface area contributed by atoms with Crippen molar-refractivity contribution in [3.8, 4) is 11.3 Å². The lowest BCUT2D eigenvalue weighted by Crippen LogP contribution is -2.22. The Hall–Kier alpha value is -1.77. The van der Waals surface area contributed by atoms with Gasteiger partial charge in [-0.25, -0.2) is 4.98 Å². The van der Waals surface area contributed by atoms with E-state index in [2.05, 4.69) is 55.3 Å². The number of aromatic nitrogens is 1. The van der Waals surface area contributed by atoms with Crippen LogP contribution in [0, 0.1) is 18.3 Å². The zero-order chi connectivity index (χ0) is 15.0. The first-order valence-electron chi connectivity index (χ1n) is 7.72. The average molecular weight is 284 g/mol. The molecule has 1 aliphatic rings. The van der Waals surface area contributed by atoms with Crippen LogP contribution >= 0.6 is 0 Å². The minimum Gasteiger partial charge on any atom is -0.449 e. The average Bonchev–Trinajstić information content (AvgIpc) is 2.94. The molecule has 1 aromatic heterocycles. The molecule has 1 heterocycles. The van der Waals surface area contributed by atoms with Crippen molar-refractivity contribution >= 4 is 5.69 Å². The number of nitrogens with one attached hydrogen (secondary N) is 1. The van der Waals surface area contributed by atoms with Crippen molar-refractivity contribution < 1.29 is 4.42 Å². The van der Waals surface area contributed by atoms with Crippen LogP contribution in [0.2, 0.25) is 0 Å². The van der Waals surface area contributed by atoms with Gasteiger partial charge in [0.15, 0.2) is 5.89 Å². The predicted octanol–water partition coefficient (Wildman–Crippen LogP) is 4.89. The lowest BCUT2D eigenvalue weighted by molar-refractivity contribution is 0.366. The number of oxazole rings is 1. The molecule has 0 saturated heterocycles. The summed E-state index contributed by atoms with van der Waals surface area (Å²) in [6.07, 6.45) is 4.23. The molecule has 1 aliphatic carbocycles. The lowest BCUT2D eigenvalue weighted by atomic mass is 9.91. The van der Waals surface area contributed by atoms with Crippen LogP contribution in [-0.2, 0) is 0 Å². The Bertz CT molecular complexity index is 612. The van der Waals surface area contributed by atoms with E-state index in [0.29, 0.717) is 17.3 Å². The summed E-state index contributed by atoms with van der Waals surface area (Å²) in [5, 5.41) is 3.69. The van der Waals surface area contributed by atoms with E-state index < -0.39 is 0 Å². The maximum absolute atomic E-state index is 5.27. The number of rotatable bonds is 3. The molecule has 3 rings (SSSR count). The van der Waals surface area contributed by atoms with Gasteiger partial charge in [-0.3, -0.25) is 0 Å². The van der Waals surface area contributed by atoms with Crippen molar-refractivity contribution in [3.05, 3.63) is 36.4 Å². The summed E-state index contributed by atoms with van der Waals surface area (Å²) in [6, 6.07) is 9.05. The van der Waals surface area contributed by atoms with Crippen molar-refractivity contribution in [1.82, 2.24) is 4.98 Å². The molecule has 0 amide bonds. The van der Waals surface area contributed by atoms with Crippen LogP contribution in [-0.4, -0.2) is 11.0 Å². The number of hydrogen-bond acceptors (Lipinski definition) is 3. The molecule has 0 bridgehead atoms. The highest BCUT2D eigenvalue weighted by molar-refractivity contribution is 5.62. The van der Waals surface area contributed by atoms with E-state index in [1.165, 1.54) is 18.5 Å². The van der Waals surface area contributed by atoms with E-state index in [-0.39, 0.29) is 0 Å². The monoisotopic (exact) mass is 284 g/mol. The van der Waals surface area contributed by atoms with Crippen LogP contribution < -0.4 is 5.32 Å². The third-order valence-corrected chi connectivity index (χ3v) is 4.49. The van der Waals surface area contributed by atoms with Crippen molar-refractivity contribution in [3.63, 3.8) is 0 Å². The van der Waals surface area contributed by atoms with Crippen LogP contribution in [0.15, 0.2) is 34.9 Å². The van der Waals surface area contributed by atoms with E-state index in [0.717, 1.165) is 17.2 Å². The fourth-order valence-electron chi connectivity index (χ4n) is 3.53. The molecule has 0 radical (unpaired) electrons. The Morgan fingerprint density at radius 2 is 1.90 bits per heavy atom. The van der Waals surface area contributed by atoms with Crippen molar-refractivity contribution in [2.45, 2.75) is 46.6 Å². The molecule has 2 unspecified atom stereocenters. The quantitative estimate of drug-likeness (QED) is 0.872. The molecule has 2 aromatic rings. The van der Waals surface area contributed by atoms with Gasteiger partial charge in [-0.2, -0.15) is 0 Å². The van der Waals surface area contributed by atoms with Gasteiger partial charge in [-0.1, -0.05) is 32.9 Å². The van der Waals surface area contributed by atoms with Gasteiger partial charge in [0.1, 0.15) is 12.0 Å². The summed E-state index contributed by atoms with van der Waals surface area (Å²) < 4.78 is 5.27. The molecule has 2 atom stereocenters. The summed E-state index contributed by atoms with van der Waals surface area (Å²) >= 11 is 0. The molecule has 1 N–H and O–H groups in total. The van der Waals surface area contributed by atoms with Crippen LogP contribution in [0.3, 0.4) is 0 Å². The van der Waals surface area contributed by atoms with Crippen LogP contribution in [0.25, 0.3) is 11.3 Å². The predicted molar refractivity (Wildman–Crippen MR) is 86.3 cm³/mol. The molecule has 1 fully saturated rings. The van der Waals surface area contributed by atoms with E-state index in [4.69, 9.17) is 4.42 Å². The normalized spacial score (nSPS) is 24.2. The summed E-state index contributed by atoms with van der Waals surface area (Å²) in [7, 11) is 0. The zero-order valence-corrected chi connectivity index (χ0v) is 13.3. The largest absolute Gasteiger partial charge is 0.449 e. The molecular formula is C18H24N2O. The molecule has 112 valence electrons.